The number of hydrogen-bond acceptors (Lipinski definition) is 5. The smallest absolute Gasteiger partial charge is 0.406 e. The molecule has 1 aromatic carbocycles. The van der Waals surface area contributed by atoms with Crippen LogP contribution < -0.4 is 10.1 Å². The van der Waals surface area contributed by atoms with Crippen molar-refractivity contribution in [1.82, 2.24) is 10.2 Å². The second-order valence-electron chi connectivity index (χ2n) is 5.84. The van der Waals surface area contributed by atoms with E-state index < -0.39 is 6.09 Å². The van der Waals surface area contributed by atoms with Gasteiger partial charge in [-0.05, 0) is 31.2 Å². The Hall–Kier alpha value is -2.26. The Morgan fingerprint density at radius 1 is 1.31 bits per heavy atom. The van der Waals surface area contributed by atoms with Crippen molar-refractivity contribution in [2.75, 3.05) is 33.9 Å². The first kappa shape index (κ1) is 23.7. The molecule has 146 valence electrons. The monoisotopic (exact) mass is 363 g/mol. The van der Waals surface area contributed by atoms with Crippen molar-refractivity contribution in [3.05, 3.63) is 29.3 Å². The van der Waals surface area contributed by atoms with Crippen LogP contribution in [-0.4, -0.2) is 44.8 Å². The maximum absolute atomic E-state index is 11.1. The van der Waals surface area contributed by atoms with Gasteiger partial charge in [0.05, 0.1) is 26.7 Å². The van der Waals surface area contributed by atoms with Crippen molar-refractivity contribution in [2.45, 2.75) is 46.6 Å². The van der Waals surface area contributed by atoms with Gasteiger partial charge in [0, 0.05) is 24.7 Å². The molecule has 26 heavy (non-hydrogen) atoms. The molecular formula is C20H33N3O3. The molecular weight excluding hydrogens is 330 g/mol. The van der Waals surface area contributed by atoms with Crippen LogP contribution in [0, 0.1) is 11.3 Å². The predicted molar refractivity (Wildman–Crippen MR) is 104 cm³/mol. The lowest BCUT2D eigenvalue weighted by atomic mass is 10.0. The zero-order valence-corrected chi connectivity index (χ0v) is 17.0. The fourth-order valence-corrected chi connectivity index (χ4v) is 2.49. The van der Waals surface area contributed by atoms with Gasteiger partial charge < -0.3 is 14.8 Å². The number of nitrogens with one attached hydrogen (secondary N) is 1. The highest BCUT2D eigenvalue weighted by atomic mass is 16.5. The molecule has 0 fully saturated rings. The molecule has 0 radical (unpaired) electrons. The van der Waals surface area contributed by atoms with Gasteiger partial charge in [-0.2, -0.15) is 5.26 Å². The summed E-state index contributed by atoms with van der Waals surface area (Å²) in [5.74, 6) is 0.734. The summed E-state index contributed by atoms with van der Waals surface area (Å²) in [5.41, 5.74) is 2.01. The number of alkyl carbamates (subject to hydrolysis) is 1. The van der Waals surface area contributed by atoms with E-state index in [1.165, 1.54) is 13.5 Å². The molecule has 0 aliphatic carbocycles. The summed E-state index contributed by atoms with van der Waals surface area (Å²) in [4.78, 5) is 13.4. The number of hydrogen-bond donors (Lipinski definition) is 1. The van der Waals surface area contributed by atoms with Gasteiger partial charge in [-0.25, -0.2) is 4.79 Å². The standard InChI is InChI=1S/C17H25N3O3.C3H8/c1-5-20(11-10-19-17(21)23-4)13(2)14-6-7-16(22-3)15(12-14)8-9-18;1-3-2/h6-7,12-13H,5,8,10-11H2,1-4H3,(H,19,21);3H2,1-2H3. The number of ether oxygens (including phenoxy) is 2. The summed E-state index contributed by atoms with van der Waals surface area (Å²) in [6.07, 6.45) is 1.15. The third-order valence-corrected chi connectivity index (χ3v) is 3.86. The lowest BCUT2D eigenvalue weighted by Gasteiger charge is -2.28. The van der Waals surface area contributed by atoms with Gasteiger partial charge in [0.25, 0.3) is 0 Å². The van der Waals surface area contributed by atoms with Gasteiger partial charge in [0.2, 0.25) is 0 Å². The first-order valence-corrected chi connectivity index (χ1v) is 9.08. The molecule has 1 unspecified atom stereocenters. The summed E-state index contributed by atoms with van der Waals surface area (Å²) in [5, 5.41) is 11.6. The van der Waals surface area contributed by atoms with Crippen molar-refractivity contribution in [1.29, 1.82) is 5.26 Å². The van der Waals surface area contributed by atoms with Crippen LogP contribution >= 0.6 is 0 Å². The Morgan fingerprint density at radius 3 is 2.46 bits per heavy atom. The van der Waals surface area contributed by atoms with Gasteiger partial charge in [0.1, 0.15) is 5.75 Å². The van der Waals surface area contributed by atoms with Gasteiger partial charge >= 0.3 is 6.09 Å². The fraction of sp³-hybridized carbons (Fsp3) is 0.600. The van der Waals surface area contributed by atoms with E-state index in [-0.39, 0.29) is 6.04 Å². The molecule has 1 atom stereocenters. The minimum absolute atomic E-state index is 0.169. The van der Waals surface area contributed by atoms with E-state index >= 15 is 0 Å². The van der Waals surface area contributed by atoms with Crippen molar-refractivity contribution in [2.24, 2.45) is 0 Å². The van der Waals surface area contributed by atoms with Gasteiger partial charge in [-0.1, -0.05) is 33.3 Å². The first-order valence-electron chi connectivity index (χ1n) is 9.08. The van der Waals surface area contributed by atoms with E-state index in [0.717, 1.165) is 23.4 Å². The summed E-state index contributed by atoms with van der Waals surface area (Å²) < 4.78 is 9.86. The van der Waals surface area contributed by atoms with Crippen molar-refractivity contribution in [3.8, 4) is 11.8 Å². The largest absolute Gasteiger partial charge is 0.496 e. The van der Waals surface area contributed by atoms with Gasteiger partial charge in [0.15, 0.2) is 0 Å². The second-order valence-corrected chi connectivity index (χ2v) is 5.84. The number of benzene rings is 1. The maximum Gasteiger partial charge on any atom is 0.406 e. The Kier molecular flexibility index (Phi) is 12.8. The number of nitriles is 1. The molecule has 0 spiro atoms. The molecule has 0 bridgehead atoms. The molecule has 0 aliphatic heterocycles. The van der Waals surface area contributed by atoms with Crippen LogP contribution in [0.15, 0.2) is 18.2 Å². The number of carbonyl (C=O) groups excluding carboxylic acids is 1. The van der Waals surface area contributed by atoms with Crippen molar-refractivity contribution >= 4 is 6.09 Å². The van der Waals surface area contributed by atoms with E-state index in [1.54, 1.807) is 7.11 Å². The first-order chi connectivity index (χ1) is 12.5. The van der Waals surface area contributed by atoms with Crippen LogP contribution in [0.2, 0.25) is 0 Å². The van der Waals surface area contributed by atoms with Crippen LogP contribution in [0.5, 0.6) is 5.75 Å². The van der Waals surface area contributed by atoms with Gasteiger partial charge in [-0.3, -0.25) is 4.90 Å². The summed E-state index contributed by atoms with van der Waals surface area (Å²) in [7, 11) is 2.96. The highest BCUT2D eigenvalue weighted by molar-refractivity contribution is 5.66. The second kappa shape index (κ2) is 14.0. The number of carbonyl (C=O) groups is 1. The molecule has 6 heteroatoms. The predicted octanol–water partition coefficient (Wildman–Crippen LogP) is 3.92. The molecule has 0 saturated heterocycles. The molecule has 1 amide bonds. The molecule has 1 N–H and O–H groups in total. The Balaban J connectivity index is 0.00000194. The van der Waals surface area contributed by atoms with Crippen molar-refractivity contribution < 1.29 is 14.3 Å². The summed E-state index contributed by atoms with van der Waals surface area (Å²) in [6.45, 7) is 10.5. The lowest BCUT2D eigenvalue weighted by molar-refractivity contribution is 0.165. The normalized spacial score (nSPS) is 11.0. The van der Waals surface area contributed by atoms with E-state index in [2.05, 4.69) is 48.7 Å². The number of rotatable bonds is 8. The number of methoxy groups -OCH3 is 2. The van der Waals surface area contributed by atoms with Crippen LogP contribution in [0.1, 0.15) is 51.3 Å². The number of likely N-dealkylation sites (N-methyl/N-ethyl adjacent to an activating group) is 1. The van der Waals surface area contributed by atoms with Crippen molar-refractivity contribution in [3.63, 3.8) is 0 Å². The minimum atomic E-state index is -0.422. The lowest BCUT2D eigenvalue weighted by Crippen LogP contribution is -2.36. The molecule has 0 saturated carbocycles. The van der Waals surface area contributed by atoms with Gasteiger partial charge in [-0.15, -0.1) is 0 Å². The van der Waals surface area contributed by atoms with Crippen LogP contribution in [-0.2, 0) is 11.2 Å². The van der Waals surface area contributed by atoms with Crippen LogP contribution in [0.4, 0.5) is 4.79 Å². The zero-order valence-electron chi connectivity index (χ0n) is 17.0. The minimum Gasteiger partial charge on any atom is -0.496 e. The topological polar surface area (TPSA) is 74.6 Å². The number of amides is 1. The average molecular weight is 364 g/mol. The molecule has 0 heterocycles. The van der Waals surface area contributed by atoms with E-state index in [4.69, 9.17) is 10.00 Å². The highest BCUT2D eigenvalue weighted by Crippen LogP contribution is 2.26. The molecule has 1 aromatic rings. The van der Waals surface area contributed by atoms with E-state index in [0.29, 0.717) is 19.5 Å². The maximum atomic E-state index is 11.1. The summed E-state index contributed by atoms with van der Waals surface area (Å²) >= 11 is 0. The Labute approximate surface area is 158 Å². The molecule has 6 nitrogen and oxygen atoms in total. The molecule has 1 rings (SSSR count). The third kappa shape index (κ3) is 8.21. The quantitative estimate of drug-likeness (QED) is 0.758. The number of nitrogens with zero attached hydrogens (tertiary/aromatic N) is 2. The van der Waals surface area contributed by atoms with E-state index in [9.17, 15) is 4.79 Å². The third-order valence-electron chi connectivity index (χ3n) is 3.86. The van der Waals surface area contributed by atoms with Crippen LogP contribution in [0.3, 0.4) is 0 Å². The highest BCUT2D eigenvalue weighted by Gasteiger charge is 2.16. The SMILES string of the molecule is CCC.CCN(CCNC(=O)OC)C(C)c1ccc(OC)c(CC#N)c1. The summed E-state index contributed by atoms with van der Waals surface area (Å²) in [6, 6.07) is 8.27. The average Bonchev–Trinajstić information content (AvgIpc) is 2.65. The zero-order chi connectivity index (χ0) is 19.9. The fourth-order valence-electron chi connectivity index (χ4n) is 2.49. The van der Waals surface area contributed by atoms with Crippen LogP contribution in [0.25, 0.3) is 0 Å². The molecule has 0 aliphatic rings. The Morgan fingerprint density at radius 2 is 1.96 bits per heavy atom. The van der Waals surface area contributed by atoms with E-state index in [1.807, 2.05) is 18.2 Å². The molecule has 0 aromatic heterocycles. The Bertz CT molecular complexity index is 570.